The van der Waals surface area contributed by atoms with Gasteiger partial charge in [0.05, 0.1) is 0 Å². The minimum atomic E-state index is 0. The van der Waals surface area contributed by atoms with Gasteiger partial charge in [-0.25, -0.2) is 0 Å². The first-order chi connectivity index (χ1) is 7.77. The Balaban J connectivity index is 0.00000108. The average Bonchev–Trinajstić information content (AvgIpc) is 3.02. The molecule has 3 rings (SSSR count). The summed E-state index contributed by atoms with van der Waals surface area (Å²) in [6.45, 7) is 4.96. The monoisotopic (exact) mass is 258 g/mol. The predicted molar refractivity (Wildman–Crippen MR) is 70.2 cm³/mol. The number of carbonyl (C=O) groups excluding carboxylic acids is 1. The number of halogens is 1. The lowest BCUT2D eigenvalue weighted by molar-refractivity contribution is -0.134. The second-order valence-electron chi connectivity index (χ2n) is 5.78. The summed E-state index contributed by atoms with van der Waals surface area (Å²) in [4.78, 5) is 14.5. The number of piperazine rings is 1. The molecule has 1 N–H and O–H groups in total. The lowest BCUT2D eigenvalue weighted by atomic mass is 10.0. The minimum Gasteiger partial charge on any atom is -0.340 e. The molecule has 17 heavy (non-hydrogen) atoms. The molecule has 0 aromatic rings. The molecule has 2 saturated carbocycles. The molecule has 3 fully saturated rings. The van der Waals surface area contributed by atoms with Gasteiger partial charge in [0.25, 0.3) is 0 Å². The van der Waals surface area contributed by atoms with E-state index >= 15 is 0 Å². The summed E-state index contributed by atoms with van der Waals surface area (Å²) < 4.78 is 0. The number of rotatable bonds is 1. The van der Waals surface area contributed by atoms with E-state index in [1.165, 1.54) is 25.7 Å². The van der Waals surface area contributed by atoms with E-state index in [0.717, 1.165) is 31.5 Å². The van der Waals surface area contributed by atoms with Gasteiger partial charge in [-0.1, -0.05) is 12.8 Å². The van der Waals surface area contributed by atoms with E-state index in [-0.39, 0.29) is 12.4 Å². The molecule has 0 spiro atoms. The maximum absolute atomic E-state index is 12.4. The zero-order valence-corrected chi connectivity index (χ0v) is 11.3. The molecule has 0 aromatic carbocycles. The Morgan fingerprint density at radius 3 is 2.47 bits per heavy atom. The van der Waals surface area contributed by atoms with Crippen molar-refractivity contribution >= 4 is 18.3 Å². The van der Waals surface area contributed by atoms with Crippen LogP contribution in [0.15, 0.2) is 0 Å². The fourth-order valence-electron chi connectivity index (χ4n) is 3.70. The summed E-state index contributed by atoms with van der Waals surface area (Å²) >= 11 is 0. The molecule has 3 nitrogen and oxygen atoms in total. The third-order valence-corrected chi connectivity index (χ3v) is 4.62. The van der Waals surface area contributed by atoms with E-state index in [9.17, 15) is 4.79 Å². The highest BCUT2D eigenvalue weighted by molar-refractivity contribution is 5.85. The summed E-state index contributed by atoms with van der Waals surface area (Å²) in [5.74, 6) is 2.39. The third kappa shape index (κ3) is 2.45. The summed E-state index contributed by atoms with van der Waals surface area (Å²) in [6, 6.07) is 0.471. The highest BCUT2D eigenvalue weighted by atomic mass is 35.5. The molecule has 2 unspecified atom stereocenters. The number of amides is 1. The van der Waals surface area contributed by atoms with Crippen molar-refractivity contribution in [2.45, 2.75) is 38.6 Å². The zero-order valence-electron chi connectivity index (χ0n) is 10.5. The van der Waals surface area contributed by atoms with Crippen LogP contribution >= 0.6 is 12.4 Å². The quantitative estimate of drug-likeness (QED) is 0.776. The van der Waals surface area contributed by atoms with Crippen molar-refractivity contribution in [3.8, 4) is 0 Å². The van der Waals surface area contributed by atoms with Gasteiger partial charge in [-0.05, 0) is 31.6 Å². The molecule has 0 aromatic heterocycles. The normalized spacial score (nSPS) is 40.2. The molecule has 4 heteroatoms. The minimum absolute atomic E-state index is 0. The number of hydrogen-bond acceptors (Lipinski definition) is 2. The summed E-state index contributed by atoms with van der Waals surface area (Å²) in [5.41, 5.74) is 0. The second kappa shape index (κ2) is 5.15. The van der Waals surface area contributed by atoms with E-state index in [1.54, 1.807) is 0 Å². The molecule has 1 saturated heterocycles. The Labute approximate surface area is 110 Å². The Bertz CT molecular complexity index is 281. The van der Waals surface area contributed by atoms with Crippen LogP contribution in [0.3, 0.4) is 0 Å². The predicted octanol–water partition coefficient (Wildman–Crippen LogP) is 1.66. The Morgan fingerprint density at radius 1 is 1.24 bits per heavy atom. The van der Waals surface area contributed by atoms with Gasteiger partial charge < -0.3 is 10.2 Å². The smallest absolute Gasteiger partial charge is 0.226 e. The van der Waals surface area contributed by atoms with Crippen LogP contribution in [0.25, 0.3) is 0 Å². The lowest BCUT2D eigenvalue weighted by Gasteiger charge is -2.32. The van der Waals surface area contributed by atoms with Crippen LogP contribution in [0.5, 0.6) is 0 Å². The summed E-state index contributed by atoms with van der Waals surface area (Å²) in [6.07, 6.45) is 5.32. The van der Waals surface area contributed by atoms with Gasteiger partial charge in [0.2, 0.25) is 5.91 Å². The van der Waals surface area contributed by atoms with Gasteiger partial charge >= 0.3 is 0 Å². The molecule has 98 valence electrons. The Kier molecular flexibility index (Phi) is 3.99. The largest absolute Gasteiger partial charge is 0.340 e. The topological polar surface area (TPSA) is 32.3 Å². The van der Waals surface area contributed by atoms with Crippen molar-refractivity contribution in [1.82, 2.24) is 10.2 Å². The van der Waals surface area contributed by atoms with Gasteiger partial charge in [0, 0.05) is 31.6 Å². The van der Waals surface area contributed by atoms with E-state index in [4.69, 9.17) is 0 Å². The van der Waals surface area contributed by atoms with E-state index < -0.39 is 0 Å². The zero-order chi connectivity index (χ0) is 11.1. The molecule has 1 heterocycles. The first-order valence-corrected chi connectivity index (χ1v) is 6.79. The summed E-state index contributed by atoms with van der Waals surface area (Å²) in [5, 5.41) is 3.39. The second-order valence-corrected chi connectivity index (χ2v) is 5.78. The summed E-state index contributed by atoms with van der Waals surface area (Å²) in [7, 11) is 0. The number of fused-ring (bicyclic) bond motifs is 1. The van der Waals surface area contributed by atoms with Crippen LogP contribution in [0, 0.1) is 17.8 Å². The van der Waals surface area contributed by atoms with Crippen LogP contribution in [0.1, 0.15) is 32.6 Å². The molecule has 3 aliphatic rings. The molecule has 3 atom stereocenters. The van der Waals surface area contributed by atoms with Gasteiger partial charge in [-0.2, -0.15) is 0 Å². The van der Waals surface area contributed by atoms with Crippen molar-refractivity contribution in [3.05, 3.63) is 0 Å². The maximum atomic E-state index is 12.4. The van der Waals surface area contributed by atoms with Crippen LogP contribution in [0.4, 0.5) is 0 Å². The first-order valence-electron chi connectivity index (χ1n) is 6.79. The van der Waals surface area contributed by atoms with Crippen molar-refractivity contribution in [1.29, 1.82) is 0 Å². The van der Waals surface area contributed by atoms with E-state index in [1.807, 2.05) is 0 Å². The average molecular weight is 259 g/mol. The molecule has 0 bridgehead atoms. The number of hydrogen-bond donors (Lipinski definition) is 1. The number of carbonyl (C=O) groups is 1. The van der Waals surface area contributed by atoms with Crippen molar-refractivity contribution in [2.75, 3.05) is 19.6 Å². The van der Waals surface area contributed by atoms with Gasteiger partial charge in [-0.15, -0.1) is 12.4 Å². The maximum Gasteiger partial charge on any atom is 0.226 e. The van der Waals surface area contributed by atoms with Crippen LogP contribution < -0.4 is 5.32 Å². The van der Waals surface area contributed by atoms with Crippen LogP contribution in [-0.4, -0.2) is 36.5 Å². The van der Waals surface area contributed by atoms with Gasteiger partial charge in [-0.3, -0.25) is 4.79 Å². The fourth-order valence-corrected chi connectivity index (χ4v) is 3.70. The Hall–Kier alpha value is -0.280. The van der Waals surface area contributed by atoms with Crippen molar-refractivity contribution in [2.24, 2.45) is 17.8 Å². The molecule has 0 radical (unpaired) electrons. The lowest BCUT2D eigenvalue weighted by Crippen LogP contribution is -2.52. The van der Waals surface area contributed by atoms with Crippen LogP contribution in [-0.2, 0) is 4.79 Å². The van der Waals surface area contributed by atoms with Gasteiger partial charge in [0.1, 0.15) is 0 Å². The standard InChI is InChI=1S/C13H22N2O.ClH/c1-9-8-15(7-6-14-9)13(16)12-10-4-2-3-5-11(10)12;/h9-12,14H,2-8H2,1H3;1H/t9-,10?,11?,12?;/m0./s1. The molecule has 1 amide bonds. The van der Waals surface area contributed by atoms with E-state index in [2.05, 4.69) is 17.1 Å². The SMILES string of the molecule is C[C@H]1CN(C(=O)C2C3CCCCC32)CCN1.Cl. The van der Waals surface area contributed by atoms with Crippen molar-refractivity contribution in [3.63, 3.8) is 0 Å². The van der Waals surface area contributed by atoms with E-state index in [0.29, 0.717) is 17.9 Å². The fraction of sp³-hybridized carbons (Fsp3) is 0.923. The molecule has 2 aliphatic carbocycles. The highest BCUT2D eigenvalue weighted by Gasteiger charge is 2.55. The molecular formula is C13H23ClN2O. The first kappa shape index (κ1) is 13.2. The highest BCUT2D eigenvalue weighted by Crippen LogP contribution is 2.56. The third-order valence-electron chi connectivity index (χ3n) is 4.62. The number of nitrogens with one attached hydrogen (secondary N) is 1. The number of nitrogens with zero attached hydrogens (tertiary/aromatic N) is 1. The van der Waals surface area contributed by atoms with Gasteiger partial charge in [0.15, 0.2) is 0 Å². The van der Waals surface area contributed by atoms with Crippen molar-refractivity contribution < 1.29 is 4.79 Å². The molecular weight excluding hydrogens is 236 g/mol. The molecule has 1 aliphatic heterocycles. The Morgan fingerprint density at radius 2 is 1.88 bits per heavy atom. The van der Waals surface area contributed by atoms with Crippen LogP contribution in [0.2, 0.25) is 0 Å².